The minimum Gasteiger partial charge on any atom is -0.496 e. The van der Waals surface area contributed by atoms with E-state index in [4.69, 9.17) is 15.3 Å². The fraction of sp³-hybridized carbons (Fsp3) is 0.500. The molecule has 0 aliphatic heterocycles. The summed E-state index contributed by atoms with van der Waals surface area (Å²) in [5.41, 5.74) is 0.905. The Morgan fingerprint density at radius 1 is 1.21 bits per heavy atom. The van der Waals surface area contributed by atoms with Gasteiger partial charge in [-0.2, -0.15) is 0 Å². The summed E-state index contributed by atoms with van der Waals surface area (Å²) in [6, 6.07) is 3.69. The second-order valence-electron chi connectivity index (χ2n) is 5.06. The van der Waals surface area contributed by atoms with Crippen LogP contribution >= 0.6 is 0 Å². The molecule has 0 spiro atoms. The molecular formula is C14H22N2O3. The number of hydrogen-bond acceptors (Lipinski definition) is 4. The Bertz CT molecular complexity index is 482. The Balaban J connectivity index is 3.43. The molecule has 0 unspecified atom stereocenters. The molecule has 5 heteroatoms. The fourth-order valence-corrected chi connectivity index (χ4v) is 2.09. The number of aryl methyl sites for hydroxylation is 1. The summed E-state index contributed by atoms with van der Waals surface area (Å²) in [6.45, 7) is 5.55. The number of ether oxygens (including phenoxy) is 2. The van der Waals surface area contributed by atoms with Crippen LogP contribution in [0.3, 0.4) is 0 Å². The molecule has 1 amide bonds. The maximum atomic E-state index is 12.2. The molecule has 1 aromatic rings. The molecule has 0 aliphatic rings. The average Bonchev–Trinajstić information content (AvgIpc) is 2.36. The number of nitrogens with zero attached hydrogens (tertiary/aromatic N) is 1. The van der Waals surface area contributed by atoms with Gasteiger partial charge < -0.3 is 9.47 Å². The first-order valence-corrected chi connectivity index (χ1v) is 6.01. The van der Waals surface area contributed by atoms with Gasteiger partial charge in [0.1, 0.15) is 11.5 Å². The van der Waals surface area contributed by atoms with Crippen LogP contribution in [0.15, 0.2) is 12.1 Å². The predicted octanol–water partition coefficient (Wildman–Crippen LogP) is 1.62. The van der Waals surface area contributed by atoms with E-state index in [1.54, 1.807) is 14.2 Å². The Kier molecular flexibility index (Phi) is 4.42. The third-order valence-corrected chi connectivity index (χ3v) is 3.25. The van der Waals surface area contributed by atoms with Gasteiger partial charge in [-0.25, -0.2) is 5.84 Å². The van der Waals surface area contributed by atoms with Gasteiger partial charge in [0, 0.05) is 12.6 Å². The number of rotatable bonds is 4. The van der Waals surface area contributed by atoms with Crippen LogP contribution in [-0.2, 0) is 10.2 Å². The molecule has 0 radical (unpaired) electrons. The van der Waals surface area contributed by atoms with E-state index < -0.39 is 5.41 Å². The fourth-order valence-electron chi connectivity index (χ4n) is 2.09. The first-order chi connectivity index (χ1) is 8.75. The number of amides is 1. The van der Waals surface area contributed by atoms with E-state index >= 15 is 0 Å². The van der Waals surface area contributed by atoms with E-state index in [2.05, 4.69) is 0 Å². The third kappa shape index (κ3) is 2.81. The van der Waals surface area contributed by atoms with Crippen LogP contribution in [0.5, 0.6) is 11.5 Å². The lowest BCUT2D eigenvalue weighted by atomic mass is 9.82. The lowest BCUT2D eigenvalue weighted by Gasteiger charge is -2.29. The highest BCUT2D eigenvalue weighted by Gasteiger charge is 2.35. The van der Waals surface area contributed by atoms with Crippen LogP contribution in [0.2, 0.25) is 0 Å². The molecule has 0 heterocycles. The normalized spacial score (nSPS) is 11.1. The highest BCUT2D eigenvalue weighted by molar-refractivity contribution is 5.87. The van der Waals surface area contributed by atoms with Gasteiger partial charge in [0.2, 0.25) is 5.91 Å². The average molecular weight is 266 g/mol. The smallest absolute Gasteiger partial charge is 0.246 e. The van der Waals surface area contributed by atoms with Crippen molar-refractivity contribution in [2.24, 2.45) is 5.84 Å². The molecule has 1 aromatic carbocycles. The number of benzene rings is 1. The SMILES string of the molecule is COc1cc(C(C)(C)C(=O)N(C)N)c(OC)cc1C. The molecule has 0 aromatic heterocycles. The zero-order valence-corrected chi connectivity index (χ0v) is 12.4. The lowest BCUT2D eigenvalue weighted by Crippen LogP contribution is -2.45. The standard InChI is InChI=1S/C14H22N2O3/c1-9-7-12(19-6)10(8-11(9)18-5)14(2,3)13(17)16(4)15/h7-8H,15H2,1-6H3. The first-order valence-electron chi connectivity index (χ1n) is 6.01. The van der Waals surface area contributed by atoms with Crippen molar-refractivity contribution in [3.05, 3.63) is 23.3 Å². The molecular weight excluding hydrogens is 244 g/mol. The summed E-state index contributed by atoms with van der Waals surface area (Å²) < 4.78 is 10.7. The van der Waals surface area contributed by atoms with E-state index in [-0.39, 0.29) is 5.91 Å². The molecule has 5 nitrogen and oxygen atoms in total. The largest absolute Gasteiger partial charge is 0.496 e. The molecule has 106 valence electrons. The summed E-state index contributed by atoms with van der Waals surface area (Å²) in [6.07, 6.45) is 0. The van der Waals surface area contributed by atoms with Gasteiger partial charge in [-0.05, 0) is 38.5 Å². The molecule has 0 saturated heterocycles. The molecule has 19 heavy (non-hydrogen) atoms. The highest BCUT2D eigenvalue weighted by Crippen LogP contribution is 2.37. The van der Waals surface area contributed by atoms with Crippen molar-refractivity contribution in [1.29, 1.82) is 0 Å². The Morgan fingerprint density at radius 3 is 2.16 bits per heavy atom. The van der Waals surface area contributed by atoms with Crippen molar-refractivity contribution in [1.82, 2.24) is 5.01 Å². The van der Waals surface area contributed by atoms with Crippen LogP contribution in [-0.4, -0.2) is 32.2 Å². The van der Waals surface area contributed by atoms with E-state index in [1.165, 1.54) is 7.05 Å². The van der Waals surface area contributed by atoms with Gasteiger partial charge >= 0.3 is 0 Å². The van der Waals surface area contributed by atoms with Crippen LogP contribution < -0.4 is 15.3 Å². The third-order valence-electron chi connectivity index (χ3n) is 3.25. The van der Waals surface area contributed by atoms with Crippen molar-refractivity contribution in [2.45, 2.75) is 26.2 Å². The van der Waals surface area contributed by atoms with E-state index in [0.717, 1.165) is 21.9 Å². The van der Waals surface area contributed by atoms with Crippen LogP contribution in [0.1, 0.15) is 25.0 Å². The zero-order valence-electron chi connectivity index (χ0n) is 12.4. The Labute approximate surface area is 114 Å². The topological polar surface area (TPSA) is 64.8 Å². The maximum absolute atomic E-state index is 12.2. The number of hydrazine groups is 1. The first kappa shape index (κ1) is 15.3. The monoisotopic (exact) mass is 266 g/mol. The van der Waals surface area contributed by atoms with Gasteiger partial charge in [-0.15, -0.1) is 0 Å². The number of likely N-dealkylation sites (N-methyl/N-ethyl adjacent to an activating group) is 1. The van der Waals surface area contributed by atoms with Crippen molar-refractivity contribution in [2.75, 3.05) is 21.3 Å². The van der Waals surface area contributed by atoms with E-state index in [1.807, 2.05) is 32.9 Å². The van der Waals surface area contributed by atoms with Crippen molar-refractivity contribution in [3.8, 4) is 11.5 Å². The van der Waals surface area contributed by atoms with Crippen molar-refractivity contribution in [3.63, 3.8) is 0 Å². The number of carbonyl (C=O) groups excluding carboxylic acids is 1. The molecule has 0 fully saturated rings. The molecule has 0 atom stereocenters. The summed E-state index contributed by atoms with van der Waals surface area (Å²) in [7, 11) is 4.71. The molecule has 0 saturated carbocycles. The second kappa shape index (κ2) is 5.48. The van der Waals surface area contributed by atoms with Gasteiger partial charge in [0.05, 0.1) is 19.6 Å². The van der Waals surface area contributed by atoms with Crippen molar-refractivity contribution < 1.29 is 14.3 Å². The minimum absolute atomic E-state index is 0.197. The molecule has 2 N–H and O–H groups in total. The number of nitrogens with two attached hydrogens (primary N) is 1. The summed E-state index contributed by atoms with van der Waals surface area (Å²) in [5, 5.41) is 1.09. The Hall–Kier alpha value is -1.75. The summed E-state index contributed by atoms with van der Waals surface area (Å²) in [5.74, 6) is 6.74. The number of methoxy groups -OCH3 is 2. The summed E-state index contributed by atoms with van der Waals surface area (Å²) >= 11 is 0. The number of carbonyl (C=O) groups is 1. The molecule has 1 rings (SSSR count). The number of hydrogen-bond donors (Lipinski definition) is 1. The van der Waals surface area contributed by atoms with Crippen LogP contribution in [0.25, 0.3) is 0 Å². The van der Waals surface area contributed by atoms with E-state index in [0.29, 0.717) is 5.75 Å². The van der Waals surface area contributed by atoms with Gasteiger partial charge in [-0.1, -0.05) is 0 Å². The van der Waals surface area contributed by atoms with Crippen LogP contribution in [0.4, 0.5) is 0 Å². The van der Waals surface area contributed by atoms with Crippen LogP contribution in [0, 0.1) is 6.92 Å². The highest BCUT2D eigenvalue weighted by atomic mass is 16.5. The maximum Gasteiger partial charge on any atom is 0.246 e. The van der Waals surface area contributed by atoms with Gasteiger partial charge in [-0.3, -0.25) is 9.80 Å². The minimum atomic E-state index is -0.796. The van der Waals surface area contributed by atoms with E-state index in [9.17, 15) is 4.79 Å². The van der Waals surface area contributed by atoms with Gasteiger partial charge in [0.15, 0.2) is 0 Å². The quantitative estimate of drug-likeness (QED) is 0.511. The second-order valence-corrected chi connectivity index (χ2v) is 5.06. The lowest BCUT2D eigenvalue weighted by molar-refractivity contribution is -0.135. The Morgan fingerprint density at radius 2 is 1.74 bits per heavy atom. The van der Waals surface area contributed by atoms with Crippen molar-refractivity contribution >= 4 is 5.91 Å². The zero-order chi connectivity index (χ0) is 14.8. The van der Waals surface area contributed by atoms with Gasteiger partial charge in [0.25, 0.3) is 0 Å². The molecule has 0 aliphatic carbocycles. The summed E-state index contributed by atoms with van der Waals surface area (Å²) in [4.78, 5) is 12.2. The molecule has 0 bridgehead atoms. The predicted molar refractivity (Wildman–Crippen MR) is 74.3 cm³/mol.